The molecular weight excluding hydrogens is 406 g/mol. The molecule has 5 nitrogen and oxygen atoms in total. The Bertz CT molecular complexity index is 1190. The van der Waals surface area contributed by atoms with Crippen molar-refractivity contribution in [3.05, 3.63) is 101 Å². The molecule has 0 atom stereocenters. The Morgan fingerprint density at radius 3 is 2.32 bits per heavy atom. The maximum Gasteiger partial charge on any atom is 0.231 e. The third kappa shape index (κ3) is 5.56. The van der Waals surface area contributed by atoms with Crippen molar-refractivity contribution in [2.75, 3.05) is 5.32 Å². The summed E-state index contributed by atoms with van der Waals surface area (Å²) in [5.74, 6) is 0.653. The smallest absolute Gasteiger partial charge is 0.231 e. The highest BCUT2D eigenvalue weighted by Crippen LogP contribution is 2.23. The summed E-state index contributed by atoms with van der Waals surface area (Å²) in [5, 5.41) is 14.4. The molecule has 0 saturated carbocycles. The van der Waals surface area contributed by atoms with Gasteiger partial charge in [0.25, 0.3) is 0 Å². The van der Waals surface area contributed by atoms with Gasteiger partial charge in [0, 0.05) is 11.1 Å². The van der Waals surface area contributed by atoms with E-state index in [1.165, 1.54) is 11.3 Å². The van der Waals surface area contributed by atoms with Crippen molar-refractivity contribution in [3.63, 3.8) is 0 Å². The highest BCUT2D eigenvalue weighted by Gasteiger charge is 2.09. The minimum absolute atomic E-state index is 0.0913. The summed E-state index contributed by atoms with van der Waals surface area (Å²) in [4.78, 5) is 16.7. The van der Waals surface area contributed by atoms with E-state index in [1.807, 2.05) is 72.1 Å². The van der Waals surface area contributed by atoms with Crippen LogP contribution in [0.2, 0.25) is 0 Å². The lowest BCUT2D eigenvalue weighted by Crippen LogP contribution is -2.14. The van der Waals surface area contributed by atoms with E-state index in [2.05, 4.69) is 16.4 Å². The molecule has 152 valence electrons. The fraction of sp³-hybridized carbons (Fsp3) is 0.0800. The largest absolute Gasteiger partial charge is 0.487 e. The topological polar surface area (TPSA) is 75.0 Å². The fourth-order valence-electron chi connectivity index (χ4n) is 3.00. The standard InChI is InChI=1S/C25H19N3O2S/c26-15-18-6-8-19(9-7-18)20-10-12-23(13-11-20)30-16-22-17-31-25(28-22)14-24(29)27-21-4-2-1-3-5-21/h1-13,17H,14,16H2,(H,27,29). The monoisotopic (exact) mass is 425 g/mol. The summed E-state index contributed by atoms with van der Waals surface area (Å²) in [6.45, 7) is 0.340. The Kier molecular flexibility index (Phi) is 6.36. The first-order chi connectivity index (χ1) is 15.2. The SMILES string of the molecule is N#Cc1ccc(-c2ccc(OCc3csc(CC(=O)Nc4ccccc4)n3)cc2)cc1. The lowest BCUT2D eigenvalue weighted by atomic mass is 10.0. The summed E-state index contributed by atoms with van der Waals surface area (Å²) in [6.07, 6.45) is 0.235. The number of thiazole rings is 1. The van der Waals surface area contributed by atoms with Gasteiger partial charge in [0.1, 0.15) is 17.4 Å². The van der Waals surface area contributed by atoms with Gasteiger partial charge in [-0.3, -0.25) is 4.79 Å². The first kappa shape index (κ1) is 20.3. The predicted octanol–water partition coefficient (Wildman–Crippen LogP) is 5.44. The number of nitriles is 1. The van der Waals surface area contributed by atoms with Crippen molar-refractivity contribution < 1.29 is 9.53 Å². The third-order valence-corrected chi connectivity index (χ3v) is 5.45. The lowest BCUT2D eigenvalue weighted by molar-refractivity contribution is -0.115. The number of carbonyl (C=O) groups excluding carboxylic acids is 1. The predicted molar refractivity (Wildman–Crippen MR) is 122 cm³/mol. The highest BCUT2D eigenvalue weighted by atomic mass is 32.1. The van der Waals surface area contributed by atoms with E-state index in [0.29, 0.717) is 12.2 Å². The maximum atomic E-state index is 12.2. The molecule has 0 aliphatic carbocycles. The van der Waals surface area contributed by atoms with Gasteiger partial charge in [-0.25, -0.2) is 4.98 Å². The minimum atomic E-state index is -0.0913. The zero-order chi connectivity index (χ0) is 21.5. The van der Waals surface area contributed by atoms with Crippen LogP contribution in [0.25, 0.3) is 11.1 Å². The number of aromatic nitrogens is 1. The quantitative estimate of drug-likeness (QED) is 0.428. The number of hydrogen-bond donors (Lipinski definition) is 1. The number of ether oxygens (including phenoxy) is 1. The second-order valence-corrected chi connectivity index (χ2v) is 7.77. The van der Waals surface area contributed by atoms with E-state index >= 15 is 0 Å². The zero-order valence-corrected chi connectivity index (χ0v) is 17.4. The Balaban J connectivity index is 1.30. The van der Waals surface area contributed by atoms with E-state index in [4.69, 9.17) is 10.00 Å². The number of rotatable bonds is 7. The fourth-order valence-corrected chi connectivity index (χ4v) is 3.78. The molecule has 0 bridgehead atoms. The molecule has 1 N–H and O–H groups in total. The Morgan fingerprint density at radius 2 is 1.65 bits per heavy atom. The van der Waals surface area contributed by atoms with Gasteiger partial charge in [-0.05, 0) is 47.5 Å². The number of benzene rings is 3. The molecule has 31 heavy (non-hydrogen) atoms. The van der Waals surface area contributed by atoms with E-state index in [1.54, 1.807) is 12.1 Å². The van der Waals surface area contributed by atoms with Gasteiger partial charge in [-0.2, -0.15) is 5.26 Å². The van der Waals surface area contributed by atoms with Crippen molar-refractivity contribution in [2.24, 2.45) is 0 Å². The van der Waals surface area contributed by atoms with E-state index in [0.717, 1.165) is 33.3 Å². The number of nitrogens with zero attached hydrogens (tertiary/aromatic N) is 2. The van der Waals surface area contributed by atoms with E-state index < -0.39 is 0 Å². The van der Waals surface area contributed by atoms with Crippen molar-refractivity contribution >= 4 is 22.9 Å². The maximum absolute atomic E-state index is 12.2. The molecule has 0 fully saturated rings. The first-order valence-electron chi connectivity index (χ1n) is 9.71. The normalized spacial score (nSPS) is 10.3. The Morgan fingerprint density at radius 1 is 0.968 bits per heavy atom. The second-order valence-electron chi connectivity index (χ2n) is 6.83. The van der Waals surface area contributed by atoms with Gasteiger partial charge < -0.3 is 10.1 Å². The molecule has 0 aliphatic rings. The first-order valence-corrected chi connectivity index (χ1v) is 10.6. The van der Waals surface area contributed by atoms with Crippen molar-refractivity contribution in [1.29, 1.82) is 5.26 Å². The molecule has 1 aromatic heterocycles. The molecule has 4 rings (SSSR count). The van der Waals surface area contributed by atoms with Crippen LogP contribution in [0.5, 0.6) is 5.75 Å². The van der Waals surface area contributed by atoms with Crippen LogP contribution in [0.15, 0.2) is 84.2 Å². The minimum Gasteiger partial charge on any atom is -0.487 e. The van der Waals surface area contributed by atoms with Crippen LogP contribution in [-0.2, 0) is 17.8 Å². The summed E-state index contributed by atoms with van der Waals surface area (Å²) in [5.41, 5.74) is 4.31. The van der Waals surface area contributed by atoms with Crippen LogP contribution >= 0.6 is 11.3 Å². The molecule has 0 saturated heterocycles. The van der Waals surface area contributed by atoms with Crippen LogP contribution in [0.1, 0.15) is 16.3 Å². The van der Waals surface area contributed by atoms with Gasteiger partial charge in [-0.15, -0.1) is 11.3 Å². The molecule has 0 unspecified atom stereocenters. The van der Waals surface area contributed by atoms with Crippen LogP contribution in [0.4, 0.5) is 5.69 Å². The van der Waals surface area contributed by atoms with Crippen LogP contribution in [-0.4, -0.2) is 10.9 Å². The van der Waals surface area contributed by atoms with Crippen LogP contribution in [0.3, 0.4) is 0 Å². The number of carbonyl (C=O) groups is 1. The van der Waals surface area contributed by atoms with Gasteiger partial charge >= 0.3 is 0 Å². The second kappa shape index (κ2) is 9.70. The van der Waals surface area contributed by atoms with Crippen LogP contribution < -0.4 is 10.1 Å². The number of hydrogen-bond acceptors (Lipinski definition) is 5. The van der Waals surface area contributed by atoms with Gasteiger partial charge in [0.05, 0.1) is 23.7 Å². The average molecular weight is 426 g/mol. The molecule has 1 heterocycles. The Labute approximate surface area is 184 Å². The van der Waals surface area contributed by atoms with Crippen molar-refractivity contribution in [1.82, 2.24) is 4.98 Å². The number of para-hydroxylation sites is 1. The molecule has 0 aliphatic heterocycles. The van der Waals surface area contributed by atoms with E-state index in [9.17, 15) is 4.79 Å². The number of nitrogens with one attached hydrogen (secondary N) is 1. The highest BCUT2D eigenvalue weighted by molar-refractivity contribution is 7.09. The summed E-state index contributed by atoms with van der Waals surface area (Å²) in [7, 11) is 0. The van der Waals surface area contributed by atoms with Crippen LogP contribution in [0, 0.1) is 11.3 Å². The third-order valence-electron chi connectivity index (χ3n) is 4.56. The summed E-state index contributed by atoms with van der Waals surface area (Å²) < 4.78 is 5.83. The lowest BCUT2D eigenvalue weighted by Gasteiger charge is -2.06. The molecule has 0 spiro atoms. The average Bonchev–Trinajstić information content (AvgIpc) is 3.26. The molecule has 4 aromatic rings. The summed E-state index contributed by atoms with van der Waals surface area (Å²) >= 11 is 1.45. The van der Waals surface area contributed by atoms with E-state index in [-0.39, 0.29) is 12.3 Å². The molecular formula is C25H19N3O2S. The molecule has 3 aromatic carbocycles. The molecule has 6 heteroatoms. The number of anilines is 1. The summed E-state index contributed by atoms with van der Waals surface area (Å²) in [6, 6.07) is 26.8. The number of amides is 1. The van der Waals surface area contributed by atoms with Gasteiger partial charge in [-0.1, -0.05) is 42.5 Å². The van der Waals surface area contributed by atoms with Gasteiger partial charge in [0.2, 0.25) is 5.91 Å². The van der Waals surface area contributed by atoms with Gasteiger partial charge in [0.15, 0.2) is 0 Å². The molecule has 0 radical (unpaired) electrons. The van der Waals surface area contributed by atoms with Crippen molar-refractivity contribution in [2.45, 2.75) is 13.0 Å². The Hall–Kier alpha value is -3.95. The molecule has 1 amide bonds. The van der Waals surface area contributed by atoms with Crippen molar-refractivity contribution in [3.8, 4) is 22.9 Å². The zero-order valence-electron chi connectivity index (χ0n) is 16.6.